The number of carbonyl (C=O) groups excluding carboxylic acids is 1. The van der Waals surface area contributed by atoms with Crippen LogP contribution in [-0.2, 0) is 4.74 Å². The Labute approximate surface area is 120 Å². The Bertz CT molecular complexity index is 582. The maximum absolute atomic E-state index is 11.7. The van der Waals surface area contributed by atoms with Gasteiger partial charge in [0.2, 0.25) is 0 Å². The van der Waals surface area contributed by atoms with Crippen LogP contribution in [0, 0.1) is 0 Å². The lowest BCUT2D eigenvalue weighted by Gasteiger charge is -2.10. The topological polar surface area (TPSA) is 70.8 Å². The summed E-state index contributed by atoms with van der Waals surface area (Å²) in [6, 6.07) is 8.96. The summed E-state index contributed by atoms with van der Waals surface area (Å²) in [5.41, 5.74) is 6.07. The standard InChI is InChI=1S/C14H15NO4S/c1-17-11-4-2-3-5-12(11)18-7-8-19-14(16)13-10(15)6-9-20-13/h2-6,9H,7-8,15H2,1H3. The summed E-state index contributed by atoms with van der Waals surface area (Å²) in [4.78, 5) is 12.1. The van der Waals surface area contributed by atoms with E-state index in [0.717, 1.165) is 0 Å². The molecular formula is C14H15NO4S. The van der Waals surface area contributed by atoms with E-state index in [4.69, 9.17) is 19.9 Å². The molecule has 0 aliphatic heterocycles. The summed E-state index contributed by atoms with van der Waals surface area (Å²) >= 11 is 1.26. The minimum atomic E-state index is -0.430. The molecule has 0 aliphatic carbocycles. The normalized spacial score (nSPS) is 10.1. The average molecular weight is 293 g/mol. The maximum atomic E-state index is 11.7. The highest BCUT2D eigenvalue weighted by Gasteiger charge is 2.12. The maximum Gasteiger partial charge on any atom is 0.350 e. The second-order valence-corrected chi connectivity index (χ2v) is 4.76. The molecule has 1 aromatic heterocycles. The van der Waals surface area contributed by atoms with Crippen molar-refractivity contribution in [2.75, 3.05) is 26.1 Å². The van der Waals surface area contributed by atoms with Crippen molar-refractivity contribution in [3.05, 3.63) is 40.6 Å². The van der Waals surface area contributed by atoms with Gasteiger partial charge in [-0.05, 0) is 23.6 Å². The van der Waals surface area contributed by atoms with E-state index in [1.165, 1.54) is 11.3 Å². The quantitative estimate of drug-likeness (QED) is 0.654. The van der Waals surface area contributed by atoms with Crippen molar-refractivity contribution in [3.63, 3.8) is 0 Å². The number of benzene rings is 1. The van der Waals surface area contributed by atoms with Crippen molar-refractivity contribution in [1.29, 1.82) is 0 Å². The number of hydrogen-bond acceptors (Lipinski definition) is 6. The first-order chi connectivity index (χ1) is 9.72. The molecule has 2 aromatic rings. The molecule has 2 N–H and O–H groups in total. The fourth-order valence-corrected chi connectivity index (χ4v) is 2.28. The smallest absolute Gasteiger partial charge is 0.350 e. The monoisotopic (exact) mass is 293 g/mol. The number of carbonyl (C=O) groups is 1. The van der Waals surface area contributed by atoms with Crippen LogP contribution in [0.1, 0.15) is 9.67 Å². The molecule has 20 heavy (non-hydrogen) atoms. The Balaban J connectivity index is 1.79. The molecular weight excluding hydrogens is 278 g/mol. The van der Waals surface area contributed by atoms with Crippen LogP contribution < -0.4 is 15.2 Å². The molecule has 106 valence electrons. The van der Waals surface area contributed by atoms with Gasteiger partial charge in [0, 0.05) is 0 Å². The lowest BCUT2D eigenvalue weighted by Crippen LogP contribution is -2.12. The first-order valence-corrected chi connectivity index (χ1v) is 6.86. The van der Waals surface area contributed by atoms with Crippen LogP contribution in [0.15, 0.2) is 35.7 Å². The molecule has 0 atom stereocenters. The van der Waals surface area contributed by atoms with E-state index in [1.54, 1.807) is 30.7 Å². The molecule has 1 heterocycles. The first kappa shape index (κ1) is 14.2. The van der Waals surface area contributed by atoms with E-state index in [2.05, 4.69) is 0 Å². The first-order valence-electron chi connectivity index (χ1n) is 5.98. The number of ether oxygens (including phenoxy) is 3. The fourth-order valence-electron chi connectivity index (χ4n) is 1.57. The number of methoxy groups -OCH3 is 1. The number of esters is 1. The largest absolute Gasteiger partial charge is 0.493 e. The van der Waals surface area contributed by atoms with Gasteiger partial charge in [0.1, 0.15) is 18.1 Å². The van der Waals surface area contributed by atoms with Gasteiger partial charge in [-0.25, -0.2) is 4.79 Å². The summed E-state index contributed by atoms with van der Waals surface area (Å²) in [6.07, 6.45) is 0. The van der Waals surface area contributed by atoms with Gasteiger partial charge in [-0.1, -0.05) is 12.1 Å². The molecule has 0 amide bonds. The van der Waals surface area contributed by atoms with Crippen molar-refractivity contribution in [3.8, 4) is 11.5 Å². The molecule has 0 bridgehead atoms. The third-order valence-corrected chi connectivity index (χ3v) is 3.43. The molecule has 0 saturated heterocycles. The molecule has 0 aliphatic rings. The lowest BCUT2D eigenvalue weighted by molar-refractivity contribution is 0.0456. The predicted octanol–water partition coefficient (Wildman–Crippen LogP) is 2.57. The Hall–Kier alpha value is -2.21. The van der Waals surface area contributed by atoms with Crippen LogP contribution in [0.2, 0.25) is 0 Å². The predicted molar refractivity (Wildman–Crippen MR) is 77.5 cm³/mol. The zero-order chi connectivity index (χ0) is 14.4. The van der Waals surface area contributed by atoms with Gasteiger partial charge in [0.25, 0.3) is 0 Å². The van der Waals surface area contributed by atoms with Crippen LogP contribution >= 0.6 is 11.3 Å². The molecule has 5 nitrogen and oxygen atoms in total. The van der Waals surface area contributed by atoms with Crippen molar-refractivity contribution in [2.45, 2.75) is 0 Å². The third kappa shape index (κ3) is 3.42. The number of nitrogen functional groups attached to an aromatic ring is 1. The Morgan fingerprint density at radius 3 is 2.60 bits per heavy atom. The van der Waals surface area contributed by atoms with Crippen molar-refractivity contribution >= 4 is 23.0 Å². The van der Waals surface area contributed by atoms with E-state index < -0.39 is 5.97 Å². The van der Waals surface area contributed by atoms with E-state index in [9.17, 15) is 4.79 Å². The van der Waals surface area contributed by atoms with Gasteiger partial charge in [0.15, 0.2) is 11.5 Å². The van der Waals surface area contributed by atoms with Crippen LogP contribution in [0.3, 0.4) is 0 Å². The van der Waals surface area contributed by atoms with Crippen molar-refractivity contribution < 1.29 is 19.0 Å². The molecule has 1 aromatic carbocycles. The number of thiophene rings is 1. The second-order valence-electron chi connectivity index (χ2n) is 3.84. The van der Waals surface area contributed by atoms with Gasteiger partial charge in [-0.15, -0.1) is 11.3 Å². The molecule has 0 saturated carbocycles. The molecule has 0 spiro atoms. The number of hydrogen-bond donors (Lipinski definition) is 1. The number of rotatable bonds is 6. The van der Waals surface area contributed by atoms with Crippen LogP contribution in [0.25, 0.3) is 0 Å². The Kier molecular flexibility index (Phi) is 4.84. The third-order valence-electron chi connectivity index (χ3n) is 2.52. The molecule has 0 unspecified atom stereocenters. The van der Waals surface area contributed by atoms with Gasteiger partial charge >= 0.3 is 5.97 Å². The molecule has 2 rings (SSSR count). The van der Waals surface area contributed by atoms with E-state index in [-0.39, 0.29) is 13.2 Å². The van der Waals surface area contributed by atoms with Gasteiger partial charge in [-0.3, -0.25) is 0 Å². The highest BCUT2D eigenvalue weighted by atomic mass is 32.1. The summed E-state index contributed by atoms with van der Waals surface area (Å²) < 4.78 is 15.7. The molecule has 6 heteroatoms. The zero-order valence-corrected chi connectivity index (χ0v) is 11.8. The summed E-state index contributed by atoms with van der Waals surface area (Å²) in [5, 5.41) is 1.75. The highest BCUT2D eigenvalue weighted by Crippen LogP contribution is 2.25. The van der Waals surface area contributed by atoms with E-state index in [0.29, 0.717) is 22.1 Å². The average Bonchev–Trinajstić information content (AvgIpc) is 2.90. The van der Waals surface area contributed by atoms with Crippen LogP contribution in [-0.4, -0.2) is 26.3 Å². The highest BCUT2D eigenvalue weighted by molar-refractivity contribution is 7.12. The lowest BCUT2D eigenvalue weighted by atomic mass is 10.3. The van der Waals surface area contributed by atoms with Gasteiger partial charge in [-0.2, -0.15) is 0 Å². The van der Waals surface area contributed by atoms with Crippen molar-refractivity contribution in [1.82, 2.24) is 0 Å². The minimum absolute atomic E-state index is 0.147. The minimum Gasteiger partial charge on any atom is -0.493 e. The zero-order valence-electron chi connectivity index (χ0n) is 11.0. The van der Waals surface area contributed by atoms with Crippen LogP contribution in [0.5, 0.6) is 11.5 Å². The molecule has 0 radical (unpaired) electrons. The Morgan fingerprint density at radius 2 is 1.95 bits per heavy atom. The SMILES string of the molecule is COc1ccccc1OCCOC(=O)c1sccc1N. The number of para-hydroxylation sites is 2. The van der Waals surface area contributed by atoms with E-state index in [1.807, 2.05) is 12.1 Å². The van der Waals surface area contributed by atoms with Crippen molar-refractivity contribution in [2.24, 2.45) is 0 Å². The Morgan fingerprint density at radius 1 is 1.20 bits per heavy atom. The fraction of sp³-hybridized carbons (Fsp3) is 0.214. The second kappa shape index (κ2) is 6.81. The van der Waals surface area contributed by atoms with E-state index >= 15 is 0 Å². The van der Waals surface area contributed by atoms with Gasteiger partial charge < -0.3 is 19.9 Å². The number of nitrogens with two attached hydrogens (primary N) is 1. The van der Waals surface area contributed by atoms with Gasteiger partial charge in [0.05, 0.1) is 12.8 Å². The van der Waals surface area contributed by atoms with Crippen LogP contribution in [0.4, 0.5) is 5.69 Å². The summed E-state index contributed by atoms with van der Waals surface area (Å²) in [7, 11) is 1.57. The number of anilines is 1. The summed E-state index contributed by atoms with van der Waals surface area (Å²) in [6.45, 7) is 0.394. The summed E-state index contributed by atoms with van der Waals surface area (Å²) in [5.74, 6) is 0.823. The molecule has 0 fully saturated rings.